The maximum atomic E-state index is 12.6. The summed E-state index contributed by atoms with van der Waals surface area (Å²) in [6.45, 7) is 3.52. The Bertz CT molecular complexity index is 1130. The first-order chi connectivity index (χ1) is 14.4. The molecule has 0 saturated carbocycles. The Kier molecular flexibility index (Phi) is 6.03. The van der Waals surface area contributed by atoms with Gasteiger partial charge in [0.05, 0.1) is 10.7 Å². The zero-order valence-corrected chi connectivity index (χ0v) is 18.4. The summed E-state index contributed by atoms with van der Waals surface area (Å²) in [4.78, 5) is 19.8. The highest BCUT2D eigenvalue weighted by molar-refractivity contribution is 7.89. The fraction of sp³-hybridized carbons (Fsp3) is 0.333. The van der Waals surface area contributed by atoms with Gasteiger partial charge in [-0.3, -0.25) is 4.79 Å². The smallest absolute Gasteiger partial charge is 0.267 e. The Morgan fingerprint density at radius 1 is 1.23 bits per heavy atom. The summed E-state index contributed by atoms with van der Waals surface area (Å²) < 4.78 is 26.6. The molecule has 2 aromatic heterocycles. The lowest BCUT2D eigenvalue weighted by atomic mass is 10.1. The van der Waals surface area contributed by atoms with Crippen molar-refractivity contribution in [2.45, 2.75) is 31.1 Å². The fourth-order valence-electron chi connectivity index (χ4n) is 3.49. The van der Waals surface area contributed by atoms with E-state index in [4.69, 9.17) is 0 Å². The van der Waals surface area contributed by atoms with Gasteiger partial charge in [-0.25, -0.2) is 13.4 Å². The molecule has 0 unspecified atom stereocenters. The number of nitrogens with zero attached hydrogens (tertiary/aromatic N) is 2. The van der Waals surface area contributed by atoms with Crippen molar-refractivity contribution in [3.8, 4) is 11.3 Å². The number of carbonyl (C=O) groups excluding carboxylic acids is 1. The topological polar surface area (TPSA) is 95.2 Å². The lowest BCUT2D eigenvalue weighted by Crippen LogP contribution is -2.27. The van der Waals surface area contributed by atoms with E-state index < -0.39 is 10.0 Å². The molecule has 30 heavy (non-hydrogen) atoms. The zero-order valence-electron chi connectivity index (χ0n) is 16.7. The normalized spacial score (nSPS) is 14.8. The molecular weight excluding hydrogens is 420 g/mol. The number of aryl methyl sites for hydroxylation is 1. The molecule has 1 saturated heterocycles. The Balaban J connectivity index is 1.31. The summed E-state index contributed by atoms with van der Waals surface area (Å²) in [6.07, 6.45) is 3.83. The van der Waals surface area contributed by atoms with Crippen LogP contribution in [0, 0.1) is 6.92 Å². The van der Waals surface area contributed by atoms with Crippen molar-refractivity contribution < 1.29 is 13.2 Å². The highest BCUT2D eigenvalue weighted by Gasteiger charge is 2.28. The highest BCUT2D eigenvalue weighted by atomic mass is 32.2. The van der Waals surface area contributed by atoms with Crippen molar-refractivity contribution >= 4 is 27.3 Å². The molecule has 1 aliphatic heterocycles. The third-order valence-electron chi connectivity index (χ3n) is 5.17. The molecule has 158 valence electrons. The maximum absolute atomic E-state index is 12.6. The van der Waals surface area contributed by atoms with Gasteiger partial charge in [-0.05, 0) is 37.8 Å². The number of nitrogens with one attached hydrogen (secondary N) is 2. The lowest BCUT2D eigenvalue weighted by molar-refractivity contribution is 0.0949. The van der Waals surface area contributed by atoms with Crippen LogP contribution in [0.15, 0.2) is 46.8 Å². The molecule has 0 aliphatic carbocycles. The van der Waals surface area contributed by atoms with Crippen LogP contribution < -0.4 is 5.32 Å². The largest absolute Gasteiger partial charge is 0.356 e. The van der Waals surface area contributed by atoms with Crippen LogP contribution in [0.3, 0.4) is 0 Å². The molecule has 4 rings (SSSR count). The van der Waals surface area contributed by atoms with E-state index >= 15 is 0 Å². The summed E-state index contributed by atoms with van der Waals surface area (Å²) in [5, 5.41) is 5.92. The SMILES string of the molecule is Cc1nc(-c2ccc(CCNC(=O)c3cc(S(=O)(=O)N4CCCC4)c[nH]3)cc2)cs1. The number of H-pyrrole nitrogens is 1. The van der Waals surface area contributed by atoms with Gasteiger partial charge in [0.1, 0.15) is 10.6 Å². The van der Waals surface area contributed by atoms with Crippen molar-refractivity contribution in [3.05, 3.63) is 58.2 Å². The van der Waals surface area contributed by atoms with Crippen molar-refractivity contribution in [2.75, 3.05) is 19.6 Å². The van der Waals surface area contributed by atoms with Crippen molar-refractivity contribution in [3.63, 3.8) is 0 Å². The monoisotopic (exact) mass is 444 g/mol. The van der Waals surface area contributed by atoms with Gasteiger partial charge >= 0.3 is 0 Å². The molecule has 0 spiro atoms. The third-order valence-corrected chi connectivity index (χ3v) is 7.82. The molecule has 9 heteroatoms. The van der Waals surface area contributed by atoms with Crippen LogP contribution in [0.1, 0.15) is 33.9 Å². The van der Waals surface area contributed by atoms with Crippen molar-refractivity contribution in [1.29, 1.82) is 0 Å². The van der Waals surface area contributed by atoms with E-state index in [2.05, 4.69) is 15.3 Å². The second kappa shape index (κ2) is 8.71. The number of aromatic amines is 1. The predicted molar refractivity (Wildman–Crippen MR) is 117 cm³/mol. The fourth-order valence-corrected chi connectivity index (χ4v) is 5.62. The van der Waals surface area contributed by atoms with E-state index in [0.717, 1.165) is 34.7 Å². The Morgan fingerprint density at radius 3 is 2.63 bits per heavy atom. The molecule has 1 fully saturated rings. The number of hydrogen-bond acceptors (Lipinski definition) is 5. The van der Waals surface area contributed by atoms with Crippen molar-refractivity contribution in [2.24, 2.45) is 0 Å². The first-order valence-electron chi connectivity index (χ1n) is 9.92. The molecule has 1 aromatic carbocycles. The van der Waals surface area contributed by atoms with Crippen LogP contribution in [0.25, 0.3) is 11.3 Å². The lowest BCUT2D eigenvalue weighted by Gasteiger charge is -2.13. The minimum Gasteiger partial charge on any atom is -0.356 e. The van der Waals surface area contributed by atoms with Crippen LogP contribution in [0.2, 0.25) is 0 Å². The molecule has 1 amide bonds. The third kappa shape index (κ3) is 4.48. The van der Waals surface area contributed by atoms with Crippen LogP contribution in [-0.4, -0.2) is 48.2 Å². The van der Waals surface area contributed by atoms with E-state index in [1.165, 1.54) is 16.6 Å². The summed E-state index contributed by atoms with van der Waals surface area (Å²) in [7, 11) is -3.52. The summed E-state index contributed by atoms with van der Waals surface area (Å²) in [6, 6.07) is 9.54. The molecule has 1 aliphatic rings. The van der Waals surface area contributed by atoms with Gasteiger partial charge in [0.2, 0.25) is 10.0 Å². The molecule has 0 atom stereocenters. The van der Waals surface area contributed by atoms with Crippen LogP contribution in [0.5, 0.6) is 0 Å². The first kappa shape index (κ1) is 20.8. The quantitative estimate of drug-likeness (QED) is 0.585. The summed E-state index contributed by atoms with van der Waals surface area (Å²) >= 11 is 1.63. The molecule has 7 nitrogen and oxygen atoms in total. The van der Waals surface area contributed by atoms with E-state index in [-0.39, 0.29) is 16.5 Å². The minimum atomic E-state index is -3.52. The van der Waals surface area contributed by atoms with Gasteiger partial charge in [0.15, 0.2) is 0 Å². The molecular formula is C21H24N4O3S2. The van der Waals surface area contributed by atoms with Gasteiger partial charge < -0.3 is 10.3 Å². The number of aromatic nitrogens is 2. The number of sulfonamides is 1. The summed E-state index contributed by atoms with van der Waals surface area (Å²) in [5.74, 6) is -0.313. The Labute approximate surface area is 180 Å². The van der Waals surface area contributed by atoms with E-state index in [1.807, 2.05) is 36.6 Å². The van der Waals surface area contributed by atoms with Gasteiger partial charge in [0, 0.05) is 36.8 Å². The minimum absolute atomic E-state index is 0.141. The molecule has 2 N–H and O–H groups in total. The van der Waals surface area contributed by atoms with E-state index in [0.29, 0.717) is 26.1 Å². The molecule has 3 aromatic rings. The van der Waals surface area contributed by atoms with Gasteiger partial charge in [-0.2, -0.15) is 4.31 Å². The second-order valence-electron chi connectivity index (χ2n) is 7.31. The Hall–Kier alpha value is -2.49. The average molecular weight is 445 g/mol. The first-order valence-corrected chi connectivity index (χ1v) is 12.2. The van der Waals surface area contributed by atoms with Crippen LogP contribution >= 0.6 is 11.3 Å². The van der Waals surface area contributed by atoms with Gasteiger partial charge in [-0.15, -0.1) is 11.3 Å². The predicted octanol–water partition coefficient (Wildman–Crippen LogP) is 3.20. The van der Waals surface area contributed by atoms with Gasteiger partial charge in [-0.1, -0.05) is 24.3 Å². The van der Waals surface area contributed by atoms with E-state index in [1.54, 1.807) is 11.3 Å². The van der Waals surface area contributed by atoms with Crippen LogP contribution in [-0.2, 0) is 16.4 Å². The molecule has 3 heterocycles. The number of benzene rings is 1. The van der Waals surface area contributed by atoms with E-state index in [9.17, 15) is 13.2 Å². The zero-order chi connectivity index (χ0) is 21.1. The number of carbonyl (C=O) groups is 1. The van der Waals surface area contributed by atoms with Gasteiger partial charge in [0.25, 0.3) is 5.91 Å². The number of rotatable bonds is 7. The number of thiazole rings is 1. The average Bonchev–Trinajstić information content (AvgIpc) is 3.50. The highest BCUT2D eigenvalue weighted by Crippen LogP contribution is 2.22. The number of amides is 1. The summed E-state index contributed by atoms with van der Waals surface area (Å²) in [5.41, 5.74) is 3.41. The van der Waals surface area contributed by atoms with Crippen LogP contribution in [0.4, 0.5) is 0 Å². The molecule has 0 radical (unpaired) electrons. The maximum Gasteiger partial charge on any atom is 0.267 e. The second-order valence-corrected chi connectivity index (χ2v) is 10.3. The number of hydrogen-bond donors (Lipinski definition) is 2. The standard InChI is InChI=1S/C21H24N4O3S2/c1-15-24-20(14-29-15)17-6-4-16(5-7-17)8-9-22-21(26)19-12-18(13-23-19)30(27,28)25-10-2-3-11-25/h4-7,12-14,23H,2-3,8-11H2,1H3,(H,22,26). The van der Waals surface area contributed by atoms with Crippen molar-refractivity contribution in [1.82, 2.24) is 19.6 Å². The Morgan fingerprint density at radius 2 is 1.97 bits per heavy atom. The molecule has 0 bridgehead atoms.